The first-order chi connectivity index (χ1) is 10.0. The molecule has 1 aliphatic heterocycles. The second kappa shape index (κ2) is 5.64. The second-order valence-corrected chi connectivity index (χ2v) is 9.31. The standard InChI is InChI=1S/C13H17NO6S2/c1-9-3-4-11(21(2,17)18)7-12(9)22(19,20)14-6-5-10(8-14)13(15)16/h3-4,7,10H,5-6,8H2,1-2H3,(H,15,16). The average Bonchev–Trinajstić information content (AvgIpc) is 2.87. The van der Waals surface area contributed by atoms with Crippen LogP contribution in [0.5, 0.6) is 0 Å². The molecule has 22 heavy (non-hydrogen) atoms. The van der Waals surface area contributed by atoms with Gasteiger partial charge in [0.05, 0.1) is 15.7 Å². The molecule has 1 aromatic rings. The van der Waals surface area contributed by atoms with Gasteiger partial charge in [0.2, 0.25) is 10.0 Å². The number of carboxylic acid groups (broad SMARTS) is 1. The smallest absolute Gasteiger partial charge is 0.307 e. The Morgan fingerprint density at radius 1 is 1.27 bits per heavy atom. The van der Waals surface area contributed by atoms with E-state index in [1.807, 2.05) is 0 Å². The molecule has 1 aromatic carbocycles. The van der Waals surface area contributed by atoms with Gasteiger partial charge in [0.15, 0.2) is 9.84 Å². The molecule has 0 aromatic heterocycles. The molecule has 0 radical (unpaired) electrons. The van der Waals surface area contributed by atoms with Gasteiger partial charge in [-0.15, -0.1) is 0 Å². The fraction of sp³-hybridized carbons (Fsp3) is 0.462. The van der Waals surface area contributed by atoms with Gasteiger partial charge >= 0.3 is 5.97 Å². The van der Waals surface area contributed by atoms with Crippen LogP contribution in [0.1, 0.15) is 12.0 Å². The molecule has 0 aliphatic carbocycles. The monoisotopic (exact) mass is 347 g/mol. The lowest BCUT2D eigenvalue weighted by molar-refractivity contribution is -0.141. The third-order valence-corrected chi connectivity index (χ3v) is 6.82. The molecule has 7 nitrogen and oxygen atoms in total. The van der Waals surface area contributed by atoms with E-state index >= 15 is 0 Å². The van der Waals surface area contributed by atoms with Crippen molar-refractivity contribution >= 4 is 25.8 Å². The molecular formula is C13H17NO6S2. The maximum absolute atomic E-state index is 12.6. The summed E-state index contributed by atoms with van der Waals surface area (Å²) in [6.45, 7) is 1.59. The molecule has 2 rings (SSSR count). The fourth-order valence-corrected chi connectivity index (χ4v) is 4.85. The minimum Gasteiger partial charge on any atom is -0.481 e. The van der Waals surface area contributed by atoms with Crippen LogP contribution in [-0.4, -0.2) is 51.6 Å². The van der Waals surface area contributed by atoms with E-state index in [1.165, 1.54) is 12.1 Å². The van der Waals surface area contributed by atoms with Crippen molar-refractivity contribution in [3.8, 4) is 0 Å². The van der Waals surface area contributed by atoms with E-state index in [0.717, 1.165) is 16.6 Å². The molecule has 0 saturated carbocycles. The highest BCUT2D eigenvalue weighted by molar-refractivity contribution is 7.91. The number of sulfonamides is 1. The molecule has 1 unspecified atom stereocenters. The average molecular weight is 347 g/mol. The van der Waals surface area contributed by atoms with E-state index in [4.69, 9.17) is 5.11 Å². The van der Waals surface area contributed by atoms with E-state index in [2.05, 4.69) is 0 Å². The first-order valence-electron chi connectivity index (χ1n) is 6.57. The Bertz CT molecular complexity index is 813. The largest absolute Gasteiger partial charge is 0.481 e. The van der Waals surface area contributed by atoms with Gasteiger partial charge in [-0.2, -0.15) is 4.31 Å². The highest BCUT2D eigenvalue weighted by Gasteiger charge is 2.36. The zero-order chi connectivity index (χ0) is 16.7. The van der Waals surface area contributed by atoms with E-state index in [0.29, 0.717) is 5.56 Å². The lowest BCUT2D eigenvalue weighted by Crippen LogP contribution is -2.30. The zero-order valence-electron chi connectivity index (χ0n) is 12.2. The summed E-state index contributed by atoms with van der Waals surface area (Å²) in [5.41, 5.74) is 0.422. The predicted octanol–water partition coefficient (Wildman–Crippen LogP) is 0.494. The second-order valence-electron chi connectivity index (χ2n) is 5.39. The van der Waals surface area contributed by atoms with Crippen LogP contribution in [0.3, 0.4) is 0 Å². The molecule has 1 N–H and O–H groups in total. The molecule has 122 valence electrons. The number of benzene rings is 1. The van der Waals surface area contributed by atoms with Crippen LogP contribution in [0.25, 0.3) is 0 Å². The number of carboxylic acids is 1. The Morgan fingerprint density at radius 2 is 1.91 bits per heavy atom. The van der Waals surface area contributed by atoms with E-state index < -0.39 is 31.7 Å². The van der Waals surface area contributed by atoms with E-state index in [-0.39, 0.29) is 29.3 Å². The Balaban J connectivity index is 2.45. The summed E-state index contributed by atoms with van der Waals surface area (Å²) in [5.74, 6) is -1.76. The van der Waals surface area contributed by atoms with Gasteiger partial charge in [-0.05, 0) is 31.0 Å². The number of carbonyl (C=O) groups is 1. The Morgan fingerprint density at radius 3 is 2.41 bits per heavy atom. The Kier molecular flexibility index (Phi) is 4.33. The molecule has 1 aliphatic rings. The van der Waals surface area contributed by atoms with Crippen molar-refractivity contribution in [1.29, 1.82) is 0 Å². The first-order valence-corrected chi connectivity index (χ1v) is 9.90. The van der Waals surface area contributed by atoms with Gasteiger partial charge < -0.3 is 5.11 Å². The third-order valence-electron chi connectivity index (χ3n) is 3.71. The summed E-state index contributed by atoms with van der Waals surface area (Å²) >= 11 is 0. The maximum Gasteiger partial charge on any atom is 0.307 e. The molecule has 0 spiro atoms. The summed E-state index contributed by atoms with van der Waals surface area (Å²) in [4.78, 5) is 10.8. The van der Waals surface area contributed by atoms with Crippen LogP contribution in [0.2, 0.25) is 0 Å². The lowest BCUT2D eigenvalue weighted by atomic mass is 10.1. The van der Waals surface area contributed by atoms with Gasteiger partial charge in [-0.25, -0.2) is 16.8 Å². The van der Waals surface area contributed by atoms with Crippen molar-refractivity contribution in [3.05, 3.63) is 23.8 Å². The van der Waals surface area contributed by atoms with Crippen LogP contribution >= 0.6 is 0 Å². The quantitative estimate of drug-likeness (QED) is 0.849. The highest BCUT2D eigenvalue weighted by atomic mass is 32.2. The van der Waals surface area contributed by atoms with Crippen LogP contribution in [0.15, 0.2) is 28.0 Å². The Hall–Kier alpha value is -1.45. The highest BCUT2D eigenvalue weighted by Crippen LogP contribution is 2.28. The van der Waals surface area contributed by atoms with Crippen LogP contribution in [0, 0.1) is 12.8 Å². The van der Waals surface area contributed by atoms with Crippen molar-refractivity contribution in [2.75, 3.05) is 19.3 Å². The minimum atomic E-state index is -3.91. The van der Waals surface area contributed by atoms with Gasteiger partial charge in [0, 0.05) is 19.3 Å². The van der Waals surface area contributed by atoms with Crippen molar-refractivity contribution < 1.29 is 26.7 Å². The number of rotatable bonds is 4. The summed E-state index contributed by atoms with van der Waals surface area (Å²) in [7, 11) is -7.44. The number of aliphatic carboxylic acids is 1. The van der Waals surface area contributed by atoms with E-state index in [9.17, 15) is 21.6 Å². The number of hydrogen-bond acceptors (Lipinski definition) is 5. The van der Waals surface area contributed by atoms with Gasteiger partial charge in [-0.3, -0.25) is 4.79 Å². The van der Waals surface area contributed by atoms with Gasteiger partial charge in [0.25, 0.3) is 0 Å². The van der Waals surface area contributed by atoms with Crippen molar-refractivity contribution in [3.63, 3.8) is 0 Å². The van der Waals surface area contributed by atoms with E-state index in [1.54, 1.807) is 6.92 Å². The third kappa shape index (κ3) is 3.16. The molecule has 1 heterocycles. The molecule has 1 saturated heterocycles. The number of sulfone groups is 1. The maximum atomic E-state index is 12.6. The lowest BCUT2D eigenvalue weighted by Gasteiger charge is -2.18. The molecule has 0 amide bonds. The normalized spacial score (nSPS) is 20.2. The summed E-state index contributed by atoms with van der Waals surface area (Å²) in [6, 6.07) is 3.93. The summed E-state index contributed by atoms with van der Waals surface area (Å²) in [5, 5.41) is 8.97. The first kappa shape index (κ1) is 16.9. The van der Waals surface area contributed by atoms with Crippen LogP contribution in [-0.2, 0) is 24.7 Å². The molecule has 1 atom stereocenters. The van der Waals surface area contributed by atoms with Gasteiger partial charge in [-0.1, -0.05) is 6.07 Å². The minimum absolute atomic E-state index is 0.0781. The molecule has 0 bridgehead atoms. The SMILES string of the molecule is Cc1ccc(S(C)(=O)=O)cc1S(=O)(=O)N1CCC(C(=O)O)C1. The van der Waals surface area contributed by atoms with Crippen molar-refractivity contribution in [1.82, 2.24) is 4.31 Å². The number of nitrogens with zero attached hydrogens (tertiary/aromatic N) is 1. The predicted molar refractivity (Wildman–Crippen MR) is 78.8 cm³/mol. The molecule has 9 heteroatoms. The van der Waals surface area contributed by atoms with Crippen molar-refractivity contribution in [2.45, 2.75) is 23.1 Å². The summed E-state index contributed by atoms with van der Waals surface area (Å²) < 4.78 is 49.6. The molecular weight excluding hydrogens is 330 g/mol. The molecule has 1 fully saturated rings. The topological polar surface area (TPSA) is 109 Å². The Labute approximate surface area is 129 Å². The summed E-state index contributed by atoms with van der Waals surface area (Å²) in [6.07, 6.45) is 1.25. The van der Waals surface area contributed by atoms with Gasteiger partial charge in [0.1, 0.15) is 0 Å². The zero-order valence-corrected chi connectivity index (χ0v) is 13.8. The fourth-order valence-electron chi connectivity index (χ4n) is 2.38. The number of hydrogen-bond donors (Lipinski definition) is 1. The van der Waals surface area contributed by atoms with Crippen molar-refractivity contribution in [2.24, 2.45) is 5.92 Å². The van der Waals surface area contributed by atoms with Crippen LogP contribution < -0.4 is 0 Å². The number of aryl methyl sites for hydroxylation is 1. The van der Waals surface area contributed by atoms with Crippen LogP contribution in [0.4, 0.5) is 0 Å².